The van der Waals surface area contributed by atoms with Gasteiger partial charge < -0.3 is 14.7 Å². The van der Waals surface area contributed by atoms with Gasteiger partial charge in [0.15, 0.2) is 0 Å². The van der Waals surface area contributed by atoms with Crippen molar-refractivity contribution in [3.05, 3.63) is 35.9 Å². The average Bonchev–Trinajstić information content (AvgIpc) is 2.98. The fourth-order valence-electron chi connectivity index (χ4n) is 2.92. The minimum atomic E-state index is -0.262. The third kappa shape index (κ3) is 4.71. The van der Waals surface area contributed by atoms with Gasteiger partial charge in [-0.1, -0.05) is 30.3 Å². The van der Waals surface area contributed by atoms with Gasteiger partial charge in [0.05, 0.1) is 6.61 Å². The lowest BCUT2D eigenvalue weighted by Gasteiger charge is -2.29. The summed E-state index contributed by atoms with van der Waals surface area (Å²) < 4.78 is 5.41. The molecule has 2 rings (SSSR count). The van der Waals surface area contributed by atoms with Crippen LogP contribution >= 0.6 is 0 Å². The molecule has 22 heavy (non-hydrogen) atoms. The lowest BCUT2D eigenvalue weighted by Crippen LogP contribution is -2.44. The molecule has 1 aromatic rings. The number of benzene rings is 1. The third-order valence-corrected chi connectivity index (χ3v) is 4.16. The van der Waals surface area contributed by atoms with Crippen LogP contribution < -0.4 is 0 Å². The van der Waals surface area contributed by atoms with Gasteiger partial charge in [-0.15, -0.1) is 0 Å². The quantitative estimate of drug-likeness (QED) is 0.838. The maximum Gasteiger partial charge on any atom is 0.410 e. The summed E-state index contributed by atoms with van der Waals surface area (Å²) in [4.78, 5) is 16.2. The molecule has 1 N–H and O–H groups in total. The molecule has 122 valence electrons. The molecule has 0 bridgehead atoms. The number of aliphatic hydroxyl groups excluding tert-OH is 1. The first-order chi connectivity index (χ1) is 10.7. The number of β-amino-alcohol motifs (C(OH)–C–C–N with tert-alkyl or cyclic N) is 1. The highest BCUT2D eigenvalue weighted by molar-refractivity contribution is 5.67. The SMILES string of the molecule is CCN(C[C@@H]1CCCN1CCO)C(=O)OCc1ccccc1. The number of amides is 1. The zero-order valence-electron chi connectivity index (χ0n) is 13.3. The van der Waals surface area contributed by atoms with Gasteiger partial charge in [-0.2, -0.15) is 0 Å². The van der Waals surface area contributed by atoms with Gasteiger partial charge in [-0.05, 0) is 31.9 Å². The Hall–Kier alpha value is -1.59. The second kappa shape index (κ2) is 8.76. The van der Waals surface area contributed by atoms with Gasteiger partial charge in [0.2, 0.25) is 0 Å². The van der Waals surface area contributed by atoms with Crippen molar-refractivity contribution in [2.45, 2.75) is 32.4 Å². The molecule has 1 fully saturated rings. The first kappa shape index (κ1) is 16.8. The van der Waals surface area contributed by atoms with Crippen molar-refractivity contribution >= 4 is 6.09 Å². The smallest absolute Gasteiger partial charge is 0.410 e. The van der Waals surface area contributed by atoms with Crippen molar-refractivity contribution < 1.29 is 14.6 Å². The molecule has 1 saturated heterocycles. The van der Waals surface area contributed by atoms with E-state index in [9.17, 15) is 4.79 Å². The van der Waals surface area contributed by atoms with Gasteiger partial charge in [0.1, 0.15) is 6.61 Å². The normalized spacial score (nSPS) is 18.4. The fraction of sp³-hybridized carbons (Fsp3) is 0.588. The van der Waals surface area contributed by atoms with E-state index in [-0.39, 0.29) is 12.7 Å². The fourth-order valence-corrected chi connectivity index (χ4v) is 2.92. The summed E-state index contributed by atoms with van der Waals surface area (Å²) in [6.45, 7) is 5.43. The van der Waals surface area contributed by atoms with Gasteiger partial charge in [-0.3, -0.25) is 4.90 Å². The van der Waals surface area contributed by atoms with Crippen LogP contribution in [0.2, 0.25) is 0 Å². The molecule has 0 unspecified atom stereocenters. The lowest BCUT2D eigenvalue weighted by molar-refractivity contribution is 0.0845. The number of carbonyl (C=O) groups excluding carboxylic acids is 1. The standard InChI is InChI=1S/C17H26N2O3/c1-2-18(13-16-9-6-10-19(16)11-12-20)17(21)22-14-15-7-4-3-5-8-15/h3-5,7-8,16,20H,2,6,9-14H2,1H3/t16-/m0/s1. The molecule has 0 radical (unpaired) electrons. The molecule has 1 atom stereocenters. The Balaban J connectivity index is 1.83. The highest BCUT2D eigenvalue weighted by Crippen LogP contribution is 2.18. The Labute approximate surface area is 132 Å². The topological polar surface area (TPSA) is 53.0 Å². The van der Waals surface area contributed by atoms with Crippen LogP contribution in [-0.4, -0.2) is 59.8 Å². The molecule has 1 aromatic carbocycles. The summed E-state index contributed by atoms with van der Waals surface area (Å²) in [6, 6.07) is 10.0. The number of carbonyl (C=O) groups is 1. The lowest BCUT2D eigenvalue weighted by atomic mass is 10.2. The van der Waals surface area contributed by atoms with Crippen molar-refractivity contribution in [3.63, 3.8) is 0 Å². The van der Waals surface area contributed by atoms with Crippen LogP contribution in [0.3, 0.4) is 0 Å². The summed E-state index contributed by atoms with van der Waals surface area (Å²) in [5.41, 5.74) is 0.995. The number of nitrogens with zero attached hydrogens (tertiary/aromatic N) is 2. The van der Waals surface area contributed by atoms with E-state index in [1.807, 2.05) is 37.3 Å². The van der Waals surface area contributed by atoms with Crippen LogP contribution in [-0.2, 0) is 11.3 Å². The van der Waals surface area contributed by atoms with Gasteiger partial charge in [-0.25, -0.2) is 4.79 Å². The van der Waals surface area contributed by atoms with Crippen LogP contribution in [0.15, 0.2) is 30.3 Å². The number of ether oxygens (including phenoxy) is 1. The number of hydrogen-bond acceptors (Lipinski definition) is 4. The minimum Gasteiger partial charge on any atom is -0.445 e. The number of likely N-dealkylation sites (tertiary alicyclic amines) is 1. The second-order valence-electron chi connectivity index (χ2n) is 5.63. The van der Waals surface area contributed by atoms with Crippen molar-refractivity contribution in [3.8, 4) is 0 Å². The summed E-state index contributed by atoms with van der Waals surface area (Å²) >= 11 is 0. The van der Waals surface area contributed by atoms with Crippen molar-refractivity contribution in [2.24, 2.45) is 0 Å². The van der Waals surface area contributed by atoms with E-state index < -0.39 is 0 Å². The molecule has 0 aliphatic carbocycles. The number of hydrogen-bond donors (Lipinski definition) is 1. The predicted molar refractivity (Wildman–Crippen MR) is 85.6 cm³/mol. The van der Waals surface area contributed by atoms with E-state index in [1.54, 1.807) is 4.90 Å². The highest BCUT2D eigenvalue weighted by atomic mass is 16.6. The summed E-state index contributed by atoms with van der Waals surface area (Å²) in [5, 5.41) is 9.11. The predicted octanol–water partition coefficient (Wildman–Crippen LogP) is 2.10. The molecule has 0 spiro atoms. The molecular formula is C17H26N2O3. The van der Waals surface area contributed by atoms with Crippen LogP contribution in [0.5, 0.6) is 0 Å². The van der Waals surface area contributed by atoms with Crippen LogP contribution in [0.4, 0.5) is 4.79 Å². The molecule has 5 nitrogen and oxygen atoms in total. The molecule has 0 saturated carbocycles. The van der Waals surface area contributed by atoms with Crippen molar-refractivity contribution in [2.75, 3.05) is 32.8 Å². The molecule has 1 amide bonds. The molecule has 5 heteroatoms. The van der Waals surface area contributed by atoms with E-state index in [1.165, 1.54) is 0 Å². The zero-order chi connectivity index (χ0) is 15.8. The van der Waals surface area contributed by atoms with E-state index in [0.717, 1.165) is 24.9 Å². The Morgan fingerprint density at radius 3 is 2.86 bits per heavy atom. The van der Waals surface area contributed by atoms with Crippen molar-refractivity contribution in [1.29, 1.82) is 0 Å². The minimum absolute atomic E-state index is 0.168. The maximum absolute atomic E-state index is 12.2. The van der Waals surface area contributed by atoms with Gasteiger partial charge in [0.25, 0.3) is 0 Å². The first-order valence-corrected chi connectivity index (χ1v) is 8.05. The van der Waals surface area contributed by atoms with Crippen LogP contribution in [0.25, 0.3) is 0 Å². The summed E-state index contributed by atoms with van der Waals surface area (Å²) in [7, 11) is 0. The van der Waals surface area contributed by atoms with E-state index in [4.69, 9.17) is 9.84 Å². The monoisotopic (exact) mass is 306 g/mol. The summed E-state index contributed by atoms with van der Waals surface area (Å²) in [6.07, 6.45) is 1.94. The third-order valence-electron chi connectivity index (χ3n) is 4.16. The highest BCUT2D eigenvalue weighted by Gasteiger charge is 2.27. The Kier molecular flexibility index (Phi) is 6.68. The van der Waals surface area contributed by atoms with E-state index in [2.05, 4.69) is 4.90 Å². The molecular weight excluding hydrogens is 280 g/mol. The zero-order valence-corrected chi connectivity index (χ0v) is 13.3. The van der Waals surface area contributed by atoms with Gasteiger partial charge in [0, 0.05) is 25.7 Å². The van der Waals surface area contributed by atoms with E-state index in [0.29, 0.717) is 32.3 Å². The molecule has 1 aliphatic heterocycles. The molecule has 1 heterocycles. The average molecular weight is 306 g/mol. The Morgan fingerprint density at radius 2 is 2.18 bits per heavy atom. The summed E-state index contributed by atoms with van der Waals surface area (Å²) in [5.74, 6) is 0. The maximum atomic E-state index is 12.2. The largest absolute Gasteiger partial charge is 0.445 e. The van der Waals surface area contributed by atoms with Gasteiger partial charge >= 0.3 is 6.09 Å². The van der Waals surface area contributed by atoms with Crippen molar-refractivity contribution in [1.82, 2.24) is 9.80 Å². The number of rotatable bonds is 7. The van der Waals surface area contributed by atoms with E-state index >= 15 is 0 Å². The number of likely N-dealkylation sites (N-methyl/N-ethyl adjacent to an activating group) is 1. The number of aliphatic hydroxyl groups is 1. The Morgan fingerprint density at radius 1 is 1.41 bits per heavy atom. The first-order valence-electron chi connectivity index (χ1n) is 8.05. The molecule has 1 aliphatic rings. The van der Waals surface area contributed by atoms with Crippen LogP contribution in [0, 0.1) is 0 Å². The Bertz CT molecular complexity index is 452. The second-order valence-corrected chi connectivity index (χ2v) is 5.63. The molecule has 0 aromatic heterocycles. The van der Waals surface area contributed by atoms with Crippen LogP contribution in [0.1, 0.15) is 25.3 Å².